The van der Waals surface area contributed by atoms with Gasteiger partial charge in [-0.2, -0.15) is 0 Å². The van der Waals surface area contributed by atoms with E-state index in [2.05, 4.69) is 9.80 Å². The Morgan fingerprint density at radius 1 is 1.04 bits per heavy atom. The quantitative estimate of drug-likeness (QED) is 0.802. The molecule has 0 amide bonds. The van der Waals surface area contributed by atoms with E-state index in [1.165, 1.54) is 6.07 Å². The third-order valence-corrected chi connectivity index (χ3v) is 4.78. The number of anilines is 1. The molecular formula is C20H24ClFN2O2. The molecule has 1 aliphatic rings. The predicted octanol–water partition coefficient (Wildman–Crippen LogP) is 3.18. The van der Waals surface area contributed by atoms with Gasteiger partial charge in [-0.3, -0.25) is 4.90 Å². The van der Waals surface area contributed by atoms with Crippen molar-refractivity contribution in [3.05, 3.63) is 64.9 Å². The van der Waals surface area contributed by atoms with Gasteiger partial charge in [0.05, 0.1) is 25.0 Å². The fourth-order valence-electron chi connectivity index (χ4n) is 3.12. The summed E-state index contributed by atoms with van der Waals surface area (Å²) in [4.78, 5) is 4.24. The predicted molar refractivity (Wildman–Crippen MR) is 102 cm³/mol. The molecule has 3 rings (SSSR count). The van der Waals surface area contributed by atoms with E-state index >= 15 is 0 Å². The number of hydrogen-bond acceptors (Lipinski definition) is 4. The van der Waals surface area contributed by atoms with Crippen LogP contribution in [0.4, 0.5) is 10.1 Å². The summed E-state index contributed by atoms with van der Waals surface area (Å²) in [7, 11) is 0. The zero-order valence-electron chi connectivity index (χ0n) is 14.7. The summed E-state index contributed by atoms with van der Waals surface area (Å²) in [5.74, 6) is -0.184. The van der Waals surface area contributed by atoms with E-state index in [4.69, 9.17) is 16.3 Å². The smallest absolute Gasteiger partial charge is 0.146 e. The van der Waals surface area contributed by atoms with Crippen molar-refractivity contribution >= 4 is 17.3 Å². The average Bonchev–Trinajstić information content (AvgIpc) is 2.65. The summed E-state index contributed by atoms with van der Waals surface area (Å²) >= 11 is 5.85. The molecule has 1 saturated heterocycles. The van der Waals surface area contributed by atoms with E-state index in [1.807, 2.05) is 36.4 Å². The lowest BCUT2D eigenvalue weighted by Crippen LogP contribution is -2.49. The zero-order valence-corrected chi connectivity index (χ0v) is 15.4. The summed E-state index contributed by atoms with van der Waals surface area (Å²) < 4.78 is 19.5. The number of nitrogens with zero attached hydrogens (tertiary/aromatic N) is 2. The average molecular weight is 379 g/mol. The van der Waals surface area contributed by atoms with Crippen molar-refractivity contribution in [1.82, 2.24) is 4.90 Å². The minimum Gasteiger partial charge on any atom is -0.389 e. The van der Waals surface area contributed by atoms with Crippen LogP contribution in [0.5, 0.6) is 0 Å². The highest BCUT2D eigenvalue weighted by Crippen LogP contribution is 2.20. The van der Waals surface area contributed by atoms with Crippen LogP contribution in [0.15, 0.2) is 48.5 Å². The summed E-state index contributed by atoms with van der Waals surface area (Å²) in [5.41, 5.74) is 1.68. The summed E-state index contributed by atoms with van der Waals surface area (Å²) in [5, 5.41) is 10.9. The first kappa shape index (κ1) is 19.1. The molecule has 1 N–H and O–H groups in total. The SMILES string of the molecule is O[C@@H](COCc1ccc(Cl)cc1)CN1CCN(c2ccccc2F)CC1. The molecule has 0 spiro atoms. The Bertz CT molecular complexity index is 690. The lowest BCUT2D eigenvalue weighted by molar-refractivity contribution is 0.00912. The molecule has 140 valence electrons. The van der Waals surface area contributed by atoms with Crippen molar-refractivity contribution in [1.29, 1.82) is 0 Å². The standard InChI is InChI=1S/C20H24ClFN2O2/c21-17-7-5-16(6-8-17)14-26-15-18(25)13-23-9-11-24(12-10-23)20-4-2-1-3-19(20)22/h1-8,18,25H,9-15H2/t18-/m1/s1. The number of halogens is 2. The number of rotatable bonds is 7. The summed E-state index contributed by atoms with van der Waals surface area (Å²) in [6.07, 6.45) is -0.540. The van der Waals surface area contributed by atoms with E-state index in [-0.39, 0.29) is 12.4 Å². The third-order valence-electron chi connectivity index (χ3n) is 4.53. The van der Waals surface area contributed by atoms with E-state index in [9.17, 15) is 9.50 Å². The molecule has 1 atom stereocenters. The first-order valence-corrected chi connectivity index (χ1v) is 9.21. The molecular weight excluding hydrogens is 355 g/mol. The molecule has 2 aromatic carbocycles. The van der Waals surface area contributed by atoms with Crippen molar-refractivity contribution < 1.29 is 14.2 Å². The van der Waals surface area contributed by atoms with E-state index in [1.54, 1.807) is 6.07 Å². The van der Waals surface area contributed by atoms with Crippen LogP contribution >= 0.6 is 11.6 Å². The molecule has 0 bridgehead atoms. The second kappa shape index (κ2) is 9.33. The van der Waals surface area contributed by atoms with Crippen molar-refractivity contribution in [3.8, 4) is 0 Å². The van der Waals surface area contributed by atoms with Crippen LogP contribution in [0.3, 0.4) is 0 Å². The van der Waals surface area contributed by atoms with Crippen LogP contribution in [0.25, 0.3) is 0 Å². The summed E-state index contributed by atoms with van der Waals surface area (Å²) in [6, 6.07) is 14.3. The molecule has 0 aliphatic carbocycles. The maximum Gasteiger partial charge on any atom is 0.146 e. The lowest BCUT2D eigenvalue weighted by atomic mass is 10.2. The Hall–Kier alpha value is -1.66. The van der Waals surface area contributed by atoms with Gasteiger partial charge < -0.3 is 14.7 Å². The van der Waals surface area contributed by atoms with Gasteiger partial charge >= 0.3 is 0 Å². The molecule has 1 heterocycles. The van der Waals surface area contributed by atoms with E-state index in [0.717, 1.165) is 31.7 Å². The maximum absolute atomic E-state index is 13.9. The fraction of sp³-hybridized carbons (Fsp3) is 0.400. The molecule has 0 aromatic heterocycles. The van der Waals surface area contributed by atoms with Gasteiger partial charge in [-0.1, -0.05) is 35.9 Å². The van der Waals surface area contributed by atoms with Gasteiger partial charge in [-0.05, 0) is 29.8 Å². The maximum atomic E-state index is 13.9. The minimum absolute atomic E-state index is 0.184. The number of aliphatic hydroxyl groups is 1. The molecule has 1 fully saturated rings. The number of ether oxygens (including phenoxy) is 1. The first-order valence-electron chi connectivity index (χ1n) is 8.84. The van der Waals surface area contributed by atoms with Gasteiger partial charge in [0, 0.05) is 37.7 Å². The minimum atomic E-state index is -0.540. The molecule has 26 heavy (non-hydrogen) atoms. The zero-order chi connectivity index (χ0) is 18.4. The van der Waals surface area contributed by atoms with Crippen LogP contribution in [-0.2, 0) is 11.3 Å². The van der Waals surface area contributed by atoms with Gasteiger partial charge in [-0.25, -0.2) is 4.39 Å². The summed E-state index contributed by atoms with van der Waals surface area (Å²) in [6.45, 7) is 4.39. The highest BCUT2D eigenvalue weighted by molar-refractivity contribution is 6.30. The largest absolute Gasteiger partial charge is 0.389 e. The van der Waals surface area contributed by atoms with Crippen LogP contribution < -0.4 is 4.90 Å². The number of piperazine rings is 1. The number of hydrogen-bond donors (Lipinski definition) is 1. The Balaban J connectivity index is 1.37. The van der Waals surface area contributed by atoms with Crippen LogP contribution in [-0.4, -0.2) is 55.4 Å². The molecule has 4 nitrogen and oxygen atoms in total. The van der Waals surface area contributed by atoms with Gasteiger partial charge in [-0.15, -0.1) is 0 Å². The monoisotopic (exact) mass is 378 g/mol. The van der Waals surface area contributed by atoms with Gasteiger partial charge in [0.25, 0.3) is 0 Å². The molecule has 2 aromatic rings. The molecule has 0 saturated carbocycles. The second-order valence-electron chi connectivity index (χ2n) is 6.53. The van der Waals surface area contributed by atoms with Crippen LogP contribution in [0.1, 0.15) is 5.56 Å². The Morgan fingerprint density at radius 2 is 1.73 bits per heavy atom. The van der Waals surface area contributed by atoms with Crippen molar-refractivity contribution in [2.45, 2.75) is 12.7 Å². The van der Waals surface area contributed by atoms with E-state index in [0.29, 0.717) is 23.9 Å². The van der Waals surface area contributed by atoms with Gasteiger partial charge in [0.2, 0.25) is 0 Å². The number of benzene rings is 2. The van der Waals surface area contributed by atoms with Crippen molar-refractivity contribution in [3.63, 3.8) is 0 Å². The topological polar surface area (TPSA) is 35.9 Å². The normalized spacial score (nSPS) is 16.7. The number of aliphatic hydroxyl groups excluding tert-OH is 1. The molecule has 0 radical (unpaired) electrons. The Kier molecular flexibility index (Phi) is 6.86. The highest BCUT2D eigenvalue weighted by atomic mass is 35.5. The number of β-amino-alcohol motifs (C(OH)–C–C–N with tert-alkyl or cyclic N) is 1. The van der Waals surface area contributed by atoms with Crippen LogP contribution in [0.2, 0.25) is 5.02 Å². The van der Waals surface area contributed by atoms with Crippen LogP contribution in [0, 0.1) is 5.82 Å². The third kappa shape index (κ3) is 5.42. The highest BCUT2D eigenvalue weighted by Gasteiger charge is 2.21. The van der Waals surface area contributed by atoms with Gasteiger partial charge in [0.1, 0.15) is 5.82 Å². The Labute approximate surface area is 158 Å². The van der Waals surface area contributed by atoms with Gasteiger partial charge in [0.15, 0.2) is 0 Å². The lowest BCUT2D eigenvalue weighted by Gasteiger charge is -2.36. The van der Waals surface area contributed by atoms with E-state index < -0.39 is 6.10 Å². The van der Waals surface area contributed by atoms with Crippen molar-refractivity contribution in [2.75, 3.05) is 44.2 Å². The first-order chi connectivity index (χ1) is 12.6. The Morgan fingerprint density at radius 3 is 2.42 bits per heavy atom. The van der Waals surface area contributed by atoms with Crippen molar-refractivity contribution in [2.24, 2.45) is 0 Å². The second-order valence-corrected chi connectivity index (χ2v) is 6.97. The number of para-hydroxylation sites is 1. The molecule has 0 unspecified atom stereocenters. The fourth-order valence-corrected chi connectivity index (χ4v) is 3.25. The molecule has 1 aliphatic heterocycles. The molecule has 6 heteroatoms.